The third kappa shape index (κ3) is 11.6. The van der Waals surface area contributed by atoms with Crippen LogP contribution in [0.4, 0.5) is 0 Å². The van der Waals surface area contributed by atoms with Gasteiger partial charge in [0.25, 0.3) is 10.1 Å². The van der Waals surface area contributed by atoms with Crippen molar-refractivity contribution in [1.29, 1.82) is 0 Å². The normalized spacial score (nSPS) is 10.6. The first-order chi connectivity index (χ1) is 4.06. The standard InChI is InChI=1S/C4H10O4S.Na.H/c5-3-1-2-4-9(6,7)8;;/h5H,1-4H2,(H,6,7,8);;. The topological polar surface area (TPSA) is 74.6 Å². The van der Waals surface area contributed by atoms with Crippen LogP contribution >= 0.6 is 0 Å². The molecule has 10 heavy (non-hydrogen) atoms. The van der Waals surface area contributed by atoms with Crippen LogP contribution in [0.3, 0.4) is 0 Å². The Morgan fingerprint density at radius 2 is 1.70 bits per heavy atom. The van der Waals surface area contributed by atoms with Crippen molar-refractivity contribution in [3.05, 3.63) is 0 Å². The summed E-state index contributed by atoms with van der Waals surface area (Å²) in [7, 11) is -3.81. The van der Waals surface area contributed by atoms with Crippen LogP contribution < -0.4 is 0 Å². The second kappa shape index (κ2) is 6.57. The molecule has 0 rings (SSSR count). The van der Waals surface area contributed by atoms with Crippen LogP contribution in [0.25, 0.3) is 0 Å². The fourth-order valence-corrected chi connectivity index (χ4v) is 0.965. The van der Waals surface area contributed by atoms with E-state index in [1.165, 1.54) is 0 Å². The predicted molar refractivity (Wildman–Crippen MR) is 39.9 cm³/mol. The second-order valence-electron chi connectivity index (χ2n) is 1.72. The number of unbranched alkanes of at least 4 members (excludes halogenated alkanes) is 1. The molecule has 0 aliphatic rings. The average Bonchev–Trinajstić information content (AvgIpc) is 1.63. The third-order valence-corrected chi connectivity index (χ3v) is 1.61. The molecule has 0 aromatic heterocycles. The number of hydrogen-bond acceptors (Lipinski definition) is 3. The van der Waals surface area contributed by atoms with Gasteiger partial charge in [0.1, 0.15) is 0 Å². The molecule has 4 nitrogen and oxygen atoms in total. The van der Waals surface area contributed by atoms with E-state index in [1.807, 2.05) is 0 Å². The van der Waals surface area contributed by atoms with Crippen molar-refractivity contribution in [1.82, 2.24) is 0 Å². The van der Waals surface area contributed by atoms with Gasteiger partial charge in [-0.25, -0.2) is 0 Å². The van der Waals surface area contributed by atoms with E-state index >= 15 is 0 Å². The van der Waals surface area contributed by atoms with E-state index in [1.54, 1.807) is 0 Å². The van der Waals surface area contributed by atoms with Crippen LogP contribution in [0.15, 0.2) is 0 Å². The first kappa shape index (κ1) is 13.5. The Morgan fingerprint density at radius 1 is 1.20 bits per heavy atom. The minimum absolute atomic E-state index is 0. The Bertz CT molecular complexity index is 153. The maximum atomic E-state index is 9.98. The Morgan fingerprint density at radius 3 is 2.00 bits per heavy atom. The summed E-state index contributed by atoms with van der Waals surface area (Å²) in [5.41, 5.74) is 0. The van der Waals surface area contributed by atoms with Gasteiger partial charge in [-0.05, 0) is 12.8 Å². The number of hydrogen-bond donors (Lipinski definition) is 2. The first-order valence-corrected chi connectivity index (χ1v) is 4.23. The van der Waals surface area contributed by atoms with Gasteiger partial charge in [-0.2, -0.15) is 8.42 Å². The van der Waals surface area contributed by atoms with Crippen molar-refractivity contribution < 1.29 is 18.1 Å². The molecule has 0 saturated heterocycles. The van der Waals surface area contributed by atoms with Crippen LogP contribution in [-0.4, -0.2) is 60.0 Å². The van der Waals surface area contributed by atoms with Gasteiger partial charge in [-0.3, -0.25) is 4.55 Å². The summed E-state index contributed by atoms with van der Waals surface area (Å²) in [5, 5.41) is 8.19. The summed E-state index contributed by atoms with van der Waals surface area (Å²) in [6, 6.07) is 0. The monoisotopic (exact) mass is 178 g/mol. The molecule has 6 heteroatoms. The molecule has 0 aliphatic carbocycles. The van der Waals surface area contributed by atoms with Gasteiger partial charge in [0.05, 0.1) is 5.75 Å². The minimum atomic E-state index is -3.81. The summed E-state index contributed by atoms with van der Waals surface area (Å²) in [4.78, 5) is 0. The quantitative estimate of drug-likeness (QED) is 0.329. The predicted octanol–water partition coefficient (Wildman–Crippen LogP) is -1.00. The molecule has 0 fully saturated rings. The Labute approximate surface area is 82.7 Å². The zero-order chi connectivity index (χ0) is 7.33. The van der Waals surface area contributed by atoms with E-state index in [2.05, 4.69) is 0 Å². The molecule has 0 spiro atoms. The molecule has 0 aromatic rings. The summed E-state index contributed by atoms with van der Waals surface area (Å²) < 4.78 is 28.1. The molecule has 0 unspecified atom stereocenters. The molecule has 0 saturated carbocycles. The second-order valence-corrected chi connectivity index (χ2v) is 3.29. The zero-order valence-electron chi connectivity index (χ0n) is 4.95. The summed E-state index contributed by atoms with van der Waals surface area (Å²) in [5.74, 6) is -0.256. The van der Waals surface area contributed by atoms with Crippen molar-refractivity contribution >= 4 is 39.7 Å². The van der Waals surface area contributed by atoms with E-state index in [0.717, 1.165) is 0 Å². The van der Waals surface area contributed by atoms with Gasteiger partial charge in [0.15, 0.2) is 0 Å². The zero-order valence-corrected chi connectivity index (χ0v) is 5.76. The van der Waals surface area contributed by atoms with Crippen LogP contribution in [0.2, 0.25) is 0 Å². The summed E-state index contributed by atoms with van der Waals surface area (Å²) >= 11 is 0. The SMILES string of the molecule is O=S(=O)(O)CCCCO.[NaH]. The van der Waals surface area contributed by atoms with Crippen molar-refractivity contribution in [2.24, 2.45) is 0 Å². The van der Waals surface area contributed by atoms with Gasteiger partial charge < -0.3 is 5.11 Å². The fraction of sp³-hybridized carbons (Fsp3) is 1.00. The molecule has 0 bridgehead atoms. The Hall–Kier alpha value is 0.870. The van der Waals surface area contributed by atoms with Gasteiger partial charge in [0, 0.05) is 6.61 Å². The number of rotatable bonds is 4. The number of aliphatic hydroxyl groups is 1. The molecular formula is C4H11NaO4S. The van der Waals surface area contributed by atoms with Crippen LogP contribution in [0.1, 0.15) is 12.8 Å². The van der Waals surface area contributed by atoms with Crippen molar-refractivity contribution in [3.8, 4) is 0 Å². The Balaban J connectivity index is 0. The molecule has 0 atom stereocenters. The van der Waals surface area contributed by atoms with Crippen molar-refractivity contribution in [2.75, 3.05) is 12.4 Å². The van der Waals surface area contributed by atoms with Crippen LogP contribution in [0, 0.1) is 0 Å². The van der Waals surface area contributed by atoms with Gasteiger partial charge >= 0.3 is 29.6 Å². The van der Waals surface area contributed by atoms with E-state index in [4.69, 9.17) is 9.66 Å². The van der Waals surface area contributed by atoms with E-state index in [9.17, 15) is 8.42 Å². The molecule has 0 amide bonds. The molecule has 58 valence electrons. The molecule has 0 aromatic carbocycles. The fourth-order valence-electron chi connectivity index (χ4n) is 0.396. The van der Waals surface area contributed by atoms with Gasteiger partial charge in [0.2, 0.25) is 0 Å². The molecule has 0 heterocycles. The van der Waals surface area contributed by atoms with Gasteiger partial charge in [-0.1, -0.05) is 0 Å². The first-order valence-electron chi connectivity index (χ1n) is 2.62. The van der Waals surface area contributed by atoms with Gasteiger partial charge in [-0.15, -0.1) is 0 Å². The molecule has 0 aliphatic heterocycles. The third-order valence-electron chi connectivity index (χ3n) is 0.810. The van der Waals surface area contributed by atoms with E-state index in [0.29, 0.717) is 12.8 Å². The van der Waals surface area contributed by atoms with E-state index < -0.39 is 10.1 Å². The molecule has 2 N–H and O–H groups in total. The Kier molecular flexibility index (Phi) is 8.85. The van der Waals surface area contributed by atoms with Crippen molar-refractivity contribution in [2.45, 2.75) is 12.8 Å². The van der Waals surface area contributed by atoms with Crippen LogP contribution in [0.5, 0.6) is 0 Å². The average molecular weight is 178 g/mol. The maximum absolute atomic E-state index is 9.98. The van der Waals surface area contributed by atoms with E-state index in [-0.39, 0.29) is 41.9 Å². The summed E-state index contributed by atoms with van der Waals surface area (Å²) in [6.45, 7) is -0.0322. The van der Waals surface area contributed by atoms with Crippen molar-refractivity contribution in [3.63, 3.8) is 0 Å². The summed E-state index contributed by atoms with van der Waals surface area (Å²) in [6.07, 6.45) is 0.731. The van der Waals surface area contributed by atoms with Crippen LogP contribution in [-0.2, 0) is 10.1 Å². The number of aliphatic hydroxyl groups excluding tert-OH is 1. The molecular weight excluding hydrogens is 167 g/mol. The molecule has 0 radical (unpaired) electrons.